The number of benzene rings is 3. The summed E-state index contributed by atoms with van der Waals surface area (Å²) in [7, 11) is 0. The molecule has 0 bridgehead atoms. The first kappa shape index (κ1) is 26.7. The molecule has 1 aliphatic heterocycles. The van der Waals surface area contributed by atoms with Gasteiger partial charge in [0.2, 0.25) is 5.91 Å². The van der Waals surface area contributed by atoms with E-state index in [1.54, 1.807) is 0 Å². The molecular weight excluding hydrogens is 506 g/mol. The van der Waals surface area contributed by atoms with Crippen LogP contribution in [0, 0.1) is 11.3 Å². The van der Waals surface area contributed by atoms with Crippen LogP contribution in [0.1, 0.15) is 40.8 Å². The van der Waals surface area contributed by atoms with E-state index in [0.29, 0.717) is 30.2 Å². The standard InChI is InChI=1S/C32H32ClN5O/c33-29-10-4-8-28(18-29)22-37-17-15-31(32(37)39)36(16-5-9-25-6-2-1-3-7-25)23-30-20-35-24-38(30)21-27-13-11-26(19-34)12-14-27/h1-4,6-8,10-14,18,20,24,31H,5,9,15-17,21-23H2/t31-/m0/s1. The number of likely N-dealkylation sites (tertiary alicyclic amines) is 1. The number of hydrogen-bond acceptors (Lipinski definition) is 4. The predicted molar refractivity (Wildman–Crippen MR) is 153 cm³/mol. The van der Waals surface area contributed by atoms with Crippen LogP contribution >= 0.6 is 11.6 Å². The van der Waals surface area contributed by atoms with Gasteiger partial charge in [0, 0.05) is 37.4 Å². The molecule has 198 valence electrons. The highest BCUT2D eigenvalue weighted by Crippen LogP contribution is 2.24. The van der Waals surface area contributed by atoms with E-state index < -0.39 is 0 Å². The van der Waals surface area contributed by atoms with Crippen molar-refractivity contribution >= 4 is 17.5 Å². The summed E-state index contributed by atoms with van der Waals surface area (Å²) >= 11 is 6.19. The Kier molecular flexibility index (Phi) is 8.72. The summed E-state index contributed by atoms with van der Waals surface area (Å²) in [5.41, 5.74) is 5.18. The van der Waals surface area contributed by atoms with E-state index in [-0.39, 0.29) is 11.9 Å². The summed E-state index contributed by atoms with van der Waals surface area (Å²) in [6.07, 6.45) is 6.48. The topological polar surface area (TPSA) is 65.2 Å². The van der Waals surface area contributed by atoms with Crippen LogP contribution in [0.4, 0.5) is 0 Å². The Hall–Kier alpha value is -3.92. The van der Waals surface area contributed by atoms with Crippen LogP contribution in [0.2, 0.25) is 5.02 Å². The fourth-order valence-corrected chi connectivity index (χ4v) is 5.47. The molecule has 0 radical (unpaired) electrons. The van der Waals surface area contributed by atoms with Crippen molar-refractivity contribution in [3.05, 3.63) is 124 Å². The van der Waals surface area contributed by atoms with Crippen molar-refractivity contribution < 1.29 is 4.79 Å². The quantitative estimate of drug-likeness (QED) is 0.246. The van der Waals surface area contributed by atoms with Gasteiger partial charge in [0.1, 0.15) is 0 Å². The molecule has 1 atom stereocenters. The second kappa shape index (κ2) is 12.8. The van der Waals surface area contributed by atoms with Crippen molar-refractivity contribution in [3.8, 4) is 6.07 Å². The maximum atomic E-state index is 13.6. The Bertz CT molecular complexity index is 1430. The monoisotopic (exact) mass is 537 g/mol. The molecule has 1 fully saturated rings. The molecule has 1 aromatic heterocycles. The molecule has 7 heteroatoms. The number of rotatable bonds is 11. The Balaban J connectivity index is 1.30. The van der Waals surface area contributed by atoms with Gasteiger partial charge in [-0.1, -0.05) is 66.2 Å². The van der Waals surface area contributed by atoms with Crippen LogP contribution in [0.3, 0.4) is 0 Å². The Morgan fingerprint density at radius 1 is 0.974 bits per heavy atom. The first-order valence-corrected chi connectivity index (χ1v) is 13.8. The van der Waals surface area contributed by atoms with Crippen LogP contribution < -0.4 is 0 Å². The lowest BCUT2D eigenvalue weighted by Gasteiger charge is -2.28. The molecule has 1 aliphatic rings. The zero-order valence-electron chi connectivity index (χ0n) is 21.9. The average Bonchev–Trinajstić information content (AvgIpc) is 3.54. The third-order valence-electron chi connectivity index (χ3n) is 7.33. The second-order valence-corrected chi connectivity index (χ2v) is 10.5. The Morgan fingerprint density at radius 2 is 1.77 bits per heavy atom. The number of carbonyl (C=O) groups excluding carboxylic acids is 1. The molecule has 1 saturated heterocycles. The minimum Gasteiger partial charge on any atom is -0.337 e. The zero-order chi connectivity index (χ0) is 27.0. The molecule has 4 aromatic rings. The van der Waals surface area contributed by atoms with Crippen LogP contribution in [0.15, 0.2) is 91.4 Å². The number of hydrogen-bond donors (Lipinski definition) is 0. The van der Waals surface area contributed by atoms with E-state index in [0.717, 1.165) is 49.2 Å². The van der Waals surface area contributed by atoms with E-state index >= 15 is 0 Å². The van der Waals surface area contributed by atoms with Crippen LogP contribution in [0.25, 0.3) is 0 Å². The molecule has 0 aliphatic carbocycles. The minimum absolute atomic E-state index is 0.168. The fraction of sp³-hybridized carbons (Fsp3) is 0.281. The van der Waals surface area contributed by atoms with E-state index in [4.69, 9.17) is 16.9 Å². The summed E-state index contributed by atoms with van der Waals surface area (Å²) in [6, 6.07) is 27.9. The first-order valence-electron chi connectivity index (χ1n) is 13.4. The summed E-state index contributed by atoms with van der Waals surface area (Å²) in [6.45, 7) is 3.43. The van der Waals surface area contributed by atoms with Gasteiger partial charge in [-0.15, -0.1) is 0 Å². The average molecular weight is 538 g/mol. The van der Waals surface area contributed by atoms with Crippen molar-refractivity contribution in [3.63, 3.8) is 0 Å². The number of nitriles is 1. The van der Waals surface area contributed by atoms with E-state index in [9.17, 15) is 4.79 Å². The lowest BCUT2D eigenvalue weighted by atomic mass is 10.1. The third-order valence-corrected chi connectivity index (χ3v) is 7.56. The van der Waals surface area contributed by atoms with E-state index in [1.807, 2.05) is 72.0 Å². The highest BCUT2D eigenvalue weighted by atomic mass is 35.5. The van der Waals surface area contributed by atoms with Gasteiger partial charge in [0.25, 0.3) is 0 Å². The Morgan fingerprint density at radius 3 is 2.54 bits per heavy atom. The highest BCUT2D eigenvalue weighted by molar-refractivity contribution is 6.30. The van der Waals surface area contributed by atoms with Gasteiger partial charge in [-0.2, -0.15) is 5.26 Å². The van der Waals surface area contributed by atoms with E-state index in [1.165, 1.54) is 5.56 Å². The Labute approximate surface area is 235 Å². The molecule has 3 aromatic carbocycles. The molecule has 0 saturated carbocycles. The van der Waals surface area contributed by atoms with Gasteiger partial charge >= 0.3 is 0 Å². The molecule has 0 unspecified atom stereocenters. The third kappa shape index (κ3) is 6.94. The number of nitrogens with zero attached hydrogens (tertiary/aromatic N) is 5. The SMILES string of the molecule is N#Cc1ccc(Cn2cncc2CN(CCCc2ccccc2)[C@H]2CCN(Cc3cccc(Cl)c3)C2=O)cc1. The van der Waals surface area contributed by atoms with Crippen molar-refractivity contribution in [2.24, 2.45) is 0 Å². The summed E-state index contributed by atoms with van der Waals surface area (Å²) in [4.78, 5) is 22.4. The number of imidazole rings is 1. The molecule has 0 spiro atoms. The lowest BCUT2D eigenvalue weighted by Crippen LogP contribution is -2.42. The van der Waals surface area contributed by atoms with Crippen LogP contribution in [-0.4, -0.2) is 44.4 Å². The van der Waals surface area contributed by atoms with Gasteiger partial charge in [-0.3, -0.25) is 9.69 Å². The number of amides is 1. The molecule has 6 nitrogen and oxygen atoms in total. The number of aryl methyl sites for hydroxylation is 1. The van der Waals surface area contributed by atoms with Gasteiger partial charge in [0.05, 0.1) is 29.7 Å². The predicted octanol–water partition coefficient (Wildman–Crippen LogP) is 5.69. The molecule has 1 amide bonds. The number of aromatic nitrogens is 2. The molecule has 5 rings (SSSR count). The second-order valence-electron chi connectivity index (χ2n) is 10.1. The fourth-order valence-electron chi connectivity index (χ4n) is 5.26. The van der Waals surface area contributed by atoms with Gasteiger partial charge in [-0.25, -0.2) is 4.98 Å². The summed E-state index contributed by atoms with van der Waals surface area (Å²) in [5.74, 6) is 0.174. The van der Waals surface area contributed by atoms with E-state index in [2.05, 4.69) is 44.8 Å². The molecular formula is C32H32ClN5O. The molecule has 0 N–H and O–H groups in total. The molecule has 2 heterocycles. The zero-order valence-corrected chi connectivity index (χ0v) is 22.7. The van der Waals surface area contributed by atoms with Crippen LogP contribution in [0.5, 0.6) is 0 Å². The van der Waals surface area contributed by atoms with Crippen molar-refractivity contribution in [1.29, 1.82) is 5.26 Å². The normalized spacial score (nSPS) is 15.2. The van der Waals surface area contributed by atoms with Crippen LogP contribution in [-0.2, 0) is 30.8 Å². The van der Waals surface area contributed by atoms with Gasteiger partial charge in [-0.05, 0) is 66.8 Å². The summed E-state index contributed by atoms with van der Waals surface area (Å²) < 4.78 is 2.13. The van der Waals surface area contributed by atoms with Gasteiger partial charge < -0.3 is 9.47 Å². The van der Waals surface area contributed by atoms with Crippen molar-refractivity contribution in [2.45, 2.75) is 44.9 Å². The number of carbonyl (C=O) groups is 1. The maximum absolute atomic E-state index is 13.6. The summed E-state index contributed by atoms with van der Waals surface area (Å²) in [5, 5.41) is 9.79. The highest BCUT2D eigenvalue weighted by Gasteiger charge is 2.36. The lowest BCUT2D eigenvalue weighted by molar-refractivity contribution is -0.132. The maximum Gasteiger partial charge on any atom is 0.240 e. The van der Waals surface area contributed by atoms with Crippen molar-refractivity contribution in [1.82, 2.24) is 19.4 Å². The largest absolute Gasteiger partial charge is 0.337 e. The van der Waals surface area contributed by atoms with Gasteiger partial charge in [0.15, 0.2) is 0 Å². The first-order chi connectivity index (χ1) is 19.1. The molecule has 39 heavy (non-hydrogen) atoms. The smallest absolute Gasteiger partial charge is 0.240 e. The van der Waals surface area contributed by atoms with Crippen molar-refractivity contribution in [2.75, 3.05) is 13.1 Å². The number of halogens is 1. The minimum atomic E-state index is -0.168.